The molecule has 0 amide bonds. The molecule has 1 aromatic carbocycles. The van der Waals surface area contributed by atoms with Crippen LogP contribution in [0.1, 0.15) is 5.69 Å². The number of hydrogen-bond acceptors (Lipinski definition) is 3. The predicted octanol–water partition coefficient (Wildman–Crippen LogP) is 2.68. The maximum Gasteiger partial charge on any atom is 0.133 e. The van der Waals surface area contributed by atoms with E-state index in [0.29, 0.717) is 17.9 Å². The average molecular weight is 236 g/mol. The van der Waals surface area contributed by atoms with E-state index in [-0.39, 0.29) is 5.75 Å². The fourth-order valence-electron chi connectivity index (χ4n) is 1.37. The first-order chi connectivity index (χ1) is 8.13. The SMILES string of the molecule is Oc1ccc(CNc2cc(F)cc(F)c2)nc1. The third kappa shape index (κ3) is 3.14. The summed E-state index contributed by atoms with van der Waals surface area (Å²) in [5.41, 5.74) is 1.00. The third-order valence-corrected chi connectivity index (χ3v) is 2.15. The minimum Gasteiger partial charge on any atom is -0.506 e. The van der Waals surface area contributed by atoms with Crippen molar-refractivity contribution in [2.24, 2.45) is 0 Å². The molecule has 0 spiro atoms. The second-order valence-electron chi connectivity index (χ2n) is 3.52. The Morgan fingerprint density at radius 2 is 1.82 bits per heavy atom. The van der Waals surface area contributed by atoms with E-state index in [1.165, 1.54) is 24.4 Å². The number of rotatable bonds is 3. The van der Waals surface area contributed by atoms with Gasteiger partial charge >= 0.3 is 0 Å². The standard InChI is InChI=1S/C12H10F2N2O/c13-8-3-9(14)5-11(4-8)15-6-10-1-2-12(17)7-16-10/h1-5,7,15,17H,6H2. The summed E-state index contributed by atoms with van der Waals surface area (Å²) in [5.74, 6) is -1.19. The van der Waals surface area contributed by atoms with Crippen molar-refractivity contribution in [3.63, 3.8) is 0 Å². The van der Waals surface area contributed by atoms with E-state index in [4.69, 9.17) is 5.11 Å². The van der Waals surface area contributed by atoms with Gasteiger partial charge in [0.25, 0.3) is 0 Å². The van der Waals surface area contributed by atoms with E-state index in [1.54, 1.807) is 6.07 Å². The Bertz CT molecular complexity index is 494. The highest BCUT2D eigenvalue weighted by Crippen LogP contribution is 2.14. The van der Waals surface area contributed by atoms with Crippen LogP contribution in [0.3, 0.4) is 0 Å². The van der Waals surface area contributed by atoms with Crippen LogP contribution < -0.4 is 5.32 Å². The minimum atomic E-state index is -0.633. The van der Waals surface area contributed by atoms with Gasteiger partial charge in [-0.25, -0.2) is 8.78 Å². The molecule has 88 valence electrons. The zero-order valence-corrected chi connectivity index (χ0v) is 8.82. The van der Waals surface area contributed by atoms with Crippen molar-refractivity contribution in [3.8, 4) is 5.75 Å². The fourth-order valence-corrected chi connectivity index (χ4v) is 1.37. The van der Waals surface area contributed by atoms with Gasteiger partial charge in [0.2, 0.25) is 0 Å². The maximum absolute atomic E-state index is 12.9. The van der Waals surface area contributed by atoms with Crippen LogP contribution in [0.5, 0.6) is 5.75 Å². The molecule has 0 aliphatic carbocycles. The number of nitrogens with zero attached hydrogens (tertiary/aromatic N) is 1. The van der Waals surface area contributed by atoms with Crippen molar-refractivity contribution in [2.45, 2.75) is 6.54 Å². The van der Waals surface area contributed by atoms with Crippen LogP contribution in [-0.4, -0.2) is 10.1 Å². The lowest BCUT2D eigenvalue weighted by atomic mass is 10.3. The summed E-state index contributed by atoms with van der Waals surface area (Å²) < 4.78 is 25.8. The summed E-state index contributed by atoms with van der Waals surface area (Å²) in [6.45, 7) is 0.323. The van der Waals surface area contributed by atoms with E-state index in [0.717, 1.165) is 6.07 Å². The molecule has 0 aliphatic rings. The van der Waals surface area contributed by atoms with E-state index in [1.807, 2.05) is 0 Å². The van der Waals surface area contributed by atoms with Gasteiger partial charge in [-0.2, -0.15) is 0 Å². The topological polar surface area (TPSA) is 45.1 Å². The van der Waals surface area contributed by atoms with Crippen LogP contribution in [0.15, 0.2) is 36.5 Å². The zero-order valence-electron chi connectivity index (χ0n) is 8.82. The second kappa shape index (κ2) is 4.78. The van der Waals surface area contributed by atoms with Crippen LogP contribution in [-0.2, 0) is 6.54 Å². The van der Waals surface area contributed by atoms with Gasteiger partial charge in [0.15, 0.2) is 0 Å². The zero-order chi connectivity index (χ0) is 12.3. The highest BCUT2D eigenvalue weighted by atomic mass is 19.1. The molecule has 17 heavy (non-hydrogen) atoms. The number of benzene rings is 1. The number of aromatic hydroxyl groups is 1. The van der Waals surface area contributed by atoms with Crippen molar-refractivity contribution >= 4 is 5.69 Å². The summed E-state index contributed by atoms with van der Waals surface area (Å²) in [6.07, 6.45) is 1.31. The molecule has 0 unspecified atom stereocenters. The van der Waals surface area contributed by atoms with E-state index in [9.17, 15) is 8.78 Å². The largest absolute Gasteiger partial charge is 0.506 e. The monoisotopic (exact) mass is 236 g/mol. The molecular formula is C12H10F2N2O. The smallest absolute Gasteiger partial charge is 0.133 e. The van der Waals surface area contributed by atoms with Crippen molar-refractivity contribution in [3.05, 3.63) is 53.9 Å². The van der Waals surface area contributed by atoms with E-state index < -0.39 is 11.6 Å². The average Bonchev–Trinajstić information content (AvgIpc) is 2.27. The Kier molecular flexibility index (Phi) is 3.18. The Labute approximate surface area is 96.7 Å². The molecule has 0 aliphatic heterocycles. The molecule has 0 fully saturated rings. The van der Waals surface area contributed by atoms with Crippen LogP contribution >= 0.6 is 0 Å². The van der Waals surface area contributed by atoms with Gasteiger partial charge in [-0.3, -0.25) is 4.98 Å². The van der Waals surface area contributed by atoms with Crippen molar-refractivity contribution < 1.29 is 13.9 Å². The molecule has 1 aromatic heterocycles. The molecule has 5 heteroatoms. The summed E-state index contributed by atoms with van der Waals surface area (Å²) in [7, 11) is 0. The molecule has 0 saturated heterocycles. The van der Waals surface area contributed by atoms with Crippen LogP contribution in [0.4, 0.5) is 14.5 Å². The van der Waals surface area contributed by atoms with Gasteiger partial charge in [0.1, 0.15) is 17.4 Å². The first-order valence-electron chi connectivity index (χ1n) is 4.97. The number of anilines is 1. The Hall–Kier alpha value is -2.17. The molecule has 0 atom stereocenters. The molecule has 0 bridgehead atoms. The van der Waals surface area contributed by atoms with E-state index in [2.05, 4.69) is 10.3 Å². The van der Waals surface area contributed by atoms with Gasteiger partial charge in [-0.05, 0) is 24.3 Å². The Balaban J connectivity index is 2.04. The lowest BCUT2D eigenvalue weighted by molar-refractivity contribution is 0.472. The Morgan fingerprint density at radius 3 is 2.41 bits per heavy atom. The molecule has 0 radical (unpaired) electrons. The number of halogens is 2. The molecule has 0 saturated carbocycles. The molecule has 2 aromatic rings. The van der Waals surface area contributed by atoms with Gasteiger partial charge in [-0.1, -0.05) is 0 Å². The molecule has 3 nitrogen and oxygen atoms in total. The van der Waals surface area contributed by atoms with Crippen molar-refractivity contribution in [2.75, 3.05) is 5.32 Å². The molecular weight excluding hydrogens is 226 g/mol. The molecule has 2 N–H and O–H groups in total. The second-order valence-corrected chi connectivity index (χ2v) is 3.52. The Morgan fingerprint density at radius 1 is 1.12 bits per heavy atom. The number of pyridine rings is 1. The summed E-state index contributed by atoms with van der Waals surface area (Å²) in [4.78, 5) is 3.94. The molecule has 2 rings (SSSR count). The number of hydrogen-bond donors (Lipinski definition) is 2. The first kappa shape index (κ1) is 11.3. The highest BCUT2D eigenvalue weighted by molar-refractivity contribution is 5.44. The van der Waals surface area contributed by atoms with Crippen molar-refractivity contribution in [1.82, 2.24) is 4.98 Å². The minimum absolute atomic E-state index is 0.0746. The lowest BCUT2D eigenvalue weighted by Gasteiger charge is -2.06. The van der Waals surface area contributed by atoms with Crippen molar-refractivity contribution in [1.29, 1.82) is 0 Å². The maximum atomic E-state index is 12.9. The van der Waals surface area contributed by atoms with Crippen LogP contribution in [0.25, 0.3) is 0 Å². The lowest BCUT2D eigenvalue weighted by Crippen LogP contribution is -2.01. The predicted molar refractivity (Wildman–Crippen MR) is 59.6 cm³/mol. The van der Waals surface area contributed by atoms with Gasteiger partial charge in [0.05, 0.1) is 18.4 Å². The van der Waals surface area contributed by atoms with Gasteiger partial charge in [-0.15, -0.1) is 0 Å². The summed E-state index contributed by atoms with van der Waals surface area (Å²) in [6, 6.07) is 6.32. The highest BCUT2D eigenvalue weighted by Gasteiger charge is 2.01. The van der Waals surface area contributed by atoms with Crippen LogP contribution in [0, 0.1) is 11.6 Å². The summed E-state index contributed by atoms with van der Waals surface area (Å²) >= 11 is 0. The third-order valence-electron chi connectivity index (χ3n) is 2.15. The van der Waals surface area contributed by atoms with Gasteiger partial charge in [0, 0.05) is 11.8 Å². The van der Waals surface area contributed by atoms with Crippen LogP contribution in [0.2, 0.25) is 0 Å². The normalized spacial score (nSPS) is 10.2. The van der Waals surface area contributed by atoms with E-state index >= 15 is 0 Å². The molecule has 1 heterocycles. The summed E-state index contributed by atoms with van der Waals surface area (Å²) in [5, 5.41) is 11.9. The quantitative estimate of drug-likeness (QED) is 0.861. The number of nitrogens with one attached hydrogen (secondary N) is 1. The van der Waals surface area contributed by atoms with Gasteiger partial charge < -0.3 is 10.4 Å². The number of aromatic nitrogens is 1. The first-order valence-corrected chi connectivity index (χ1v) is 4.97. The fraction of sp³-hybridized carbons (Fsp3) is 0.0833.